The molecule has 1 amide bonds. The molecule has 1 fully saturated rings. The summed E-state index contributed by atoms with van der Waals surface area (Å²) in [7, 11) is 0. The first kappa shape index (κ1) is 19.7. The number of ether oxygens (including phenoxy) is 1. The minimum atomic E-state index is -0.892. The van der Waals surface area contributed by atoms with E-state index >= 15 is 0 Å². The van der Waals surface area contributed by atoms with Crippen LogP contribution in [0.3, 0.4) is 0 Å². The van der Waals surface area contributed by atoms with Gasteiger partial charge in [-0.25, -0.2) is 0 Å². The Bertz CT molecular complexity index is 859. The van der Waals surface area contributed by atoms with Crippen molar-refractivity contribution in [1.29, 1.82) is 0 Å². The summed E-state index contributed by atoms with van der Waals surface area (Å²) >= 11 is 0. The Morgan fingerprint density at radius 1 is 1.29 bits per heavy atom. The van der Waals surface area contributed by atoms with Gasteiger partial charge in [0.1, 0.15) is 18.1 Å². The van der Waals surface area contributed by atoms with Crippen LogP contribution in [-0.4, -0.2) is 27.7 Å². The lowest BCUT2D eigenvalue weighted by Crippen LogP contribution is -2.54. The van der Waals surface area contributed by atoms with Crippen molar-refractivity contribution in [3.8, 4) is 5.75 Å². The zero-order chi connectivity index (χ0) is 20.1. The maximum atomic E-state index is 12.1. The number of carboxylic acids is 1. The highest BCUT2D eigenvalue weighted by molar-refractivity contribution is 5.92. The van der Waals surface area contributed by atoms with Gasteiger partial charge < -0.3 is 19.7 Å². The van der Waals surface area contributed by atoms with Crippen molar-refractivity contribution in [3.63, 3.8) is 0 Å². The molecule has 28 heavy (non-hydrogen) atoms. The minimum Gasteiger partial charge on any atom is -0.489 e. The van der Waals surface area contributed by atoms with E-state index in [9.17, 15) is 9.59 Å². The molecule has 1 aromatic carbocycles. The van der Waals surface area contributed by atoms with Crippen LogP contribution in [0.15, 0.2) is 34.9 Å². The average Bonchev–Trinajstić information content (AvgIpc) is 2.95. The van der Waals surface area contributed by atoms with Crippen molar-refractivity contribution in [1.82, 2.24) is 10.5 Å². The Hall–Kier alpha value is -3.09. The van der Waals surface area contributed by atoms with Crippen LogP contribution in [0.4, 0.5) is 0 Å². The molecule has 1 aromatic heterocycles. The number of benzene rings is 1. The number of aromatic nitrogens is 1. The maximum Gasteiger partial charge on any atom is 0.305 e. The number of carbonyl (C=O) groups is 2. The predicted molar refractivity (Wildman–Crippen MR) is 103 cm³/mol. The standard InChI is InChI=1S/C21H24N2O5/c1-14-18(15(2)28-23-14)13-27-17-7-4-16(5-8-17)6-9-19(24)22-21(10-3-11-21)12-20(25)26/h4-9H,3,10-13H2,1-2H3,(H,22,24)(H,25,26)/b9-6+. The third kappa shape index (κ3) is 4.79. The number of nitrogens with zero attached hydrogens (tertiary/aromatic N) is 1. The molecular formula is C21H24N2O5. The van der Waals surface area contributed by atoms with E-state index in [1.165, 1.54) is 6.08 Å². The van der Waals surface area contributed by atoms with Gasteiger partial charge in [-0.05, 0) is 56.9 Å². The SMILES string of the molecule is Cc1noc(C)c1COc1ccc(/C=C/C(=O)NC2(CC(=O)O)CCC2)cc1. The fraction of sp³-hybridized carbons (Fsp3) is 0.381. The van der Waals surface area contributed by atoms with E-state index in [4.69, 9.17) is 14.4 Å². The molecule has 2 aromatic rings. The number of aliphatic carboxylic acids is 1. The van der Waals surface area contributed by atoms with Crippen molar-refractivity contribution in [2.75, 3.05) is 0 Å². The average molecular weight is 384 g/mol. The Morgan fingerprint density at radius 2 is 2.00 bits per heavy atom. The topological polar surface area (TPSA) is 102 Å². The zero-order valence-electron chi connectivity index (χ0n) is 16.0. The van der Waals surface area contributed by atoms with Crippen molar-refractivity contribution in [2.24, 2.45) is 0 Å². The quantitative estimate of drug-likeness (QED) is 0.677. The fourth-order valence-corrected chi connectivity index (χ4v) is 3.25. The van der Waals surface area contributed by atoms with Gasteiger partial charge in [-0.15, -0.1) is 0 Å². The van der Waals surface area contributed by atoms with Crippen LogP contribution in [0.25, 0.3) is 6.08 Å². The molecule has 2 N–H and O–H groups in total. The molecule has 0 unspecified atom stereocenters. The summed E-state index contributed by atoms with van der Waals surface area (Å²) in [6.45, 7) is 4.10. The third-order valence-corrected chi connectivity index (χ3v) is 5.06. The number of amides is 1. The smallest absolute Gasteiger partial charge is 0.305 e. The van der Waals surface area contributed by atoms with Gasteiger partial charge in [0, 0.05) is 6.08 Å². The van der Waals surface area contributed by atoms with Crippen LogP contribution >= 0.6 is 0 Å². The summed E-state index contributed by atoms with van der Waals surface area (Å²) < 4.78 is 10.9. The third-order valence-electron chi connectivity index (χ3n) is 5.06. The summed E-state index contributed by atoms with van der Waals surface area (Å²) in [6, 6.07) is 7.35. The zero-order valence-corrected chi connectivity index (χ0v) is 16.0. The molecule has 0 bridgehead atoms. The monoisotopic (exact) mass is 384 g/mol. The highest BCUT2D eigenvalue weighted by Gasteiger charge is 2.39. The summed E-state index contributed by atoms with van der Waals surface area (Å²) in [6.07, 6.45) is 5.44. The van der Waals surface area contributed by atoms with Crippen molar-refractivity contribution in [2.45, 2.75) is 51.7 Å². The van der Waals surface area contributed by atoms with Crippen LogP contribution < -0.4 is 10.1 Å². The normalized spacial score (nSPS) is 15.2. The van der Waals surface area contributed by atoms with Crippen LogP contribution in [0.1, 0.15) is 48.3 Å². The lowest BCUT2D eigenvalue weighted by atomic mass is 9.74. The number of carboxylic acid groups (broad SMARTS) is 1. The highest BCUT2D eigenvalue weighted by atomic mass is 16.5. The maximum absolute atomic E-state index is 12.1. The summed E-state index contributed by atoms with van der Waals surface area (Å²) in [5.41, 5.74) is 2.01. The summed E-state index contributed by atoms with van der Waals surface area (Å²) in [4.78, 5) is 23.1. The second kappa shape index (κ2) is 8.29. The lowest BCUT2D eigenvalue weighted by molar-refractivity contribution is -0.140. The van der Waals surface area contributed by atoms with Gasteiger partial charge in [0.05, 0.1) is 23.2 Å². The molecule has 0 atom stereocenters. The molecule has 1 saturated carbocycles. The first-order chi connectivity index (χ1) is 13.4. The Morgan fingerprint density at radius 3 is 2.54 bits per heavy atom. The number of rotatable bonds is 8. The van der Waals surface area contributed by atoms with Gasteiger partial charge in [0.25, 0.3) is 0 Å². The second-order valence-electron chi connectivity index (χ2n) is 7.19. The molecule has 1 heterocycles. The van der Waals surface area contributed by atoms with Crippen LogP contribution in [-0.2, 0) is 16.2 Å². The van der Waals surface area contributed by atoms with Crippen LogP contribution in [0.2, 0.25) is 0 Å². The second-order valence-corrected chi connectivity index (χ2v) is 7.19. The number of nitrogens with one attached hydrogen (secondary N) is 1. The number of carbonyl (C=O) groups excluding carboxylic acids is 1. The fourth-order valence-electron chi connectivity index (χ4n) is 3.25. The summed E-state index contributed by atoms with van der Waals surface area (Å²) in [5.74, 6) is 0.280. The predicted octanol–water partition coefficient (Wildman–Crippen LogP) is 3.40. The van der Waals surface area contributed by atoms with Crippen molar-refractivity contribution < 1.29 is 24.0 Å². The van der Waals surface area contributed by atoms with E-state index < -0.39 is 11.5 Å². The van der Waals surface area contributed by atoms with E-state index in [0.717, 1.165) is 29.0 Å². The van der Waals surface area contributed by atoms with Gasteiger partial charge >= 0.3 is 5.97 Å². The Kier molecular flexibility index (Phi) is 5.82. The molecule has 148 valence electrons. The Balaban J connectivity index is 1.53. The molecule has 0 radical (unpaired) electrons. The molecule has 1 aliphatic rings. The van der Waals surface area contributed by atoms with Gasteiger partial charge in [-0.1, -0.05) is 17.3 Å². The minimum absolute atomic E-state index is 0.0379. The first-order valence-electron chi connectivity index (χ1n) is 9.23. The molecule has 0 aliphatic heterocycles. The molecule has 1 aliphatic carbocycles. The van der Waals surface area contributed by atoms with Crippen LogP contribution in [0, 0.1) is 13.8 Å². The highest BCUT2D eigenvalue weighted by Crippen LogP contribution is 2.34. The van der Waals surface area contributed by atoms with E-state index in [1.54, 1.807) is 6.08 Å². The molecular weight excluding hydrogens is 360 g/mol. The van der Waals surface area contributed by atoms with E-state index in [2.05, 4.69) is 10.5 Å². The van der Waals surface area contributed by atoms with Gasteiger partial charge in [0.2, 0.25) is 5.91 Å². The lowest BCUT2D eigenvalue weighted by Gasteiger charge is -2.41. The molecule has 3 rings (SSSR count). The van der Waals surface area contributed by atoms with Gasteiger partial charge in [0.15, 0.2) is 0 Å². The largest absolute Gasteiger partial charge is 0.489 e. The first-order valence-corrected chi connectivity index (χ1v) is 9.23. The van der Waals surface area contributed by atoms with E-state index in [1.807, 2.05) is 38.1 Å². The van der Waals surface area contributed by atoms with E-state index in [-0.39, 0.29) is 12.3 Å². The van der Waals surface area contributed by atoms with Gasteiger partial charge in [-0.2, -0.15) is 0 Å². The van der Waals surface area contributed by atoms with E-state index in [0.29, 0.717) is 25.2 Å². The van der Waals surface area contributed by atoms with Crippen molar-refractivity contribution in [3.05, 3.63) is 52.9 Å². The number of hydrogen-bond acceptors (Lipinski definition) is 5. The molecule has 0 saturated heterocycles. The molecule has 0 spiro atoms. The summed E-state index contributed by atoms with van der Waals surface area (Å²) in [5, 5.41) is 15.7. The van der Waals surface area contributed by atoms with Crippen molar-refractivity contribution >= 4 is 18.0 Å². The van der Waals surface area contributed by atoms with Crippen LogP contribution in [0.5, 0.6) is 5.75 Å². The van der Waals surface area contributed by atoms with Gasteiger partial charge in [-0.3, -0.25) is 9.59 Å². The number of aryl methyl sites for hydroxylation is 2. The number of hydrogen-bond donors (Lipinski definition) is 2. The molecule has 7 heteroatoms. The Labute approximate surface area is 163 Å². The molecule has 7 nitrogen and oxygen atoms in total.